The molecular weight excluding hydrogens is 266 g/mol. The fraction of sp³-hybridized carbons (Fsp3) is 0.118. The van der Waals surface area contributed by atoms with Gasteiger partial charge in [-0.3, -0.25) is 0 Å². The summed E-state index contributed by atoms with van der Waals surface area (Å²) in [4.78, 5) is 0. The molecule has 1 unspecified atom stereocenters. The number of aliphatic hydroxyl groups is 1. The lowest BCUT2D eigenvalue weighted by atomic mass is 10.0. The van der Waals surface area contributed by atoms with Gasteiger partial charge in [0.2, 0.25) is 0 Å². The van der Waals surface area contributed by atoms with Crippen LogP contribution >= 0.6 is 0 Å². The molecule has 0 amide bonds. The summed E-state index contributed by atoms with van der Waals surface area (Å²) in [6.07, 6.45) is 1.20. The van der Waals surface area contributed by atoms with Crippen molar-refractivity contribution in [2.75, 3.05) is 7.11 Å². The van der Waals surface area contributed by atoms with Gasteiger partial charge < -0.3 is 14.4 Å². The Hall–Kier alpha value is -2.59. The van der Waals surface area contributed by atoms with Gasteiger partial charge in [0.15, 0.2) is 5.58 Å². The van der Waals surface area contributed by atoms with Crippen LogP contribution in [0.4, 0.5) is 0 Å². The second kappa shape index (κ2) is 4.46. The summed E-state index contributed by atoms with van der Waals surface area (Å²) >= 11 is 0. The zero-order valence-electron chi connectivity index (χ0n) is 11.4. The van der Waals surface area contributed by atoms with Crippen molar-refractivity contribution in [2.24, 2.45) is 0 Å². The third-order valence-electron chi connectivity index (χ3n) is 3.83. The van der Waals surface area contributed by atoms with E-state index >= 15 is 0 Å². The van der Waals surface area contributed by atoms with Gasteiger partial charge in [-0.25, -0.2) is 0 Å². The van der Waals surface area contributed by atoms with Crippen molar-refractivity contribution < 1.29 is 14.4 Å². The van der Waals surface area contributed by atoms with E-state index in [0.29, 0.717) is 5.58 Å². The molecule has 1 aliphatic carbocycles. The van der Waals surface area contributed by atoms with Gasteiger partial charge >= 0.3 is 0 Å². The summed E-state index contributed by atoms with van der Waals surface area (Å²) in [6, 6.07) is 13.3. The Balaban J connectivity index is 1.94. The molecule has 4 rings (SSSR count). The molecule has 0 saturated heterocycles. The zero-order chi connectivity index (χ0) is 14.4. The second-order valence-electron chi connectivity index (χ2n) is 5.01. The van der Waals surface area contributed by atoms with Gasteiger partial charge in [-0.2, -0.15) is 0 Å². The molecule has 2 aromatic carbocycles. The Kier molecular flexibility index (Phi) is 2.59. The number of rotatable bonds is 2. The molecule has 4 heteroatoms. The summed E-state index contributed by atoms with van der Waals surface area (Å²) in [7, 11) is 1.63. The van der Waals surface area contributed by atoms with E-state index in [1.165, 1.54) is 0 Å². The van der Waals surface area contributed by atoms with Gasteiger partial charge in [-0.1, -0.05) is 29.4 Å². The minimum absolute atomic E-state index is 0.603. The van der Waals surface area contributed by atoms with Crippen LogP contribution in [0, 0.1) is 0 Å². The van der Waals surface area contributed by atoms with Crippen LogP contribution in [0.2, 0.25) is 0 Å². The van der Waals surface area contributed by atoms with E-state index < -0.39 is 6.10 Å². The maximum absolute atomic E-state index is 10.2. The quantitative estimate of drug-likeness (QED) is 0.782. The number of methoxy groups -OCH3 is 1. The molecule has 1 atom stereocenters. The Labute approximate surface area is 121 Å². The van der Waals surface area contributed by atoms with E-state index in [2.05, 4.69) is 5.16 Å². The molecule has 0 spiro atoms. The van der Waals surface area contributed by atoms with Crippen LogP contribution in [-0.2, 0) is 0 Å². The molecule has 0 radical (unpaired) electrons. The highest BCUT2D eigenvalue weighted by atomic mass is 16.5. The Morgan fingerprint density at radius 2 is 2.05 bits per heavy atom. The van der Waals surface area contributed by atoms with Crippen LogP contribution in [-0.4, -0.2) is 17.4 Å². The largest absolute Gasteiger partial charge is 0.497 e. The standard InChI is InChI=1S/C17H13NO3/c1-20-10-6-7-16-14(8-10)17(18-21-16)13-9-15(19)12-5-3-2-4-11(12)13/h2-9,15,19H,1H3. The minimum atomic E-state index is -0.603. The van der Waals surface area contributed by atoms with Gasteiger partial charge in [0, 0.05) is 5.57 Å². The number of nitrogens with zero attached hydrogens (tertiary/aromatic N) is 1. The molecule has 1 N–H and O–H groups in total. The molecule has 1 aromatic heterocycles. The van der Waals surface area contributed by atoms with Gasteiger partial charge in [-0.15, -0.1) is 0 Å². The zero-order valence-corrected chi connectivity index (χ0v) is 11.4. The average Bonchev–Trinajstić information content (AvgIpc) is 3.08. The monoisotopic (exact) mass is 279 g/mol. The molecule has 0 bridgehead atoms. The maximum atomic E-state index is 10.2. The molecule has 4 nitrogen and oxygen atoms in total. The highest BCUT2D eigenvalue weighted by Crippen LogP contribution is 2.40. The van der Waals surface area contributed by atoms with Crippen LogP contribution in [0.25, 0.3) is 16.5 Å². The fourth-order valence-electron chi connectivity index (χ4n) is 2.78. The average molecular weight is 279 g/mol. The molecule has 104 valence electrons. The van der Waals surface area contributed by atoms with E-state index in [1.807, 2.05) is 42.5 Å². The number of benzene rings is 2. The Morgan fingerprint density at radius 3 is 2.90 bits per heavy atom. The number of hydrogen-bond acceptors (Lipinski definition) is 4. The number of hydrogen-bond donors (Lipinski definition) is 1. The van der Waals surface area contributed by atoms with E-state index in [9.17, 15) is 5.11 Å². The van der Waals surface area contributed by atoms with Crippen LogP contribution in [0.1, 0.15) is 22.9 Å². The molecule has 1 heterocycles. The van der Waals surface area contributed by atoms with Crippen LogP contribution in [0.15, 0.2) is 53.1 Å². The first kappa shape index (κ1) is 12.2. The van der Waals surface area contributed by atoms with Crippen molar-refractivity contribution in [1.29, 1.82) is 0 Å². The van der Waals surface area contributed by atoms with Crippen molar-refractivity contribution in [2.45, 2.75) is 6.10 Å². The van der Waals surface area contributed by atoms with Crippen molar-refractivity contribution >= 4 is 16.5 Å². The fourth-order valence-corrected chi connectivity index (χ4v) is 2.78. The smallest absolute Gasteiger partial charge is 0.167 e. The van der Waals surface area contributed by atoms with E-state index in [1.54, 1.807) is 13.2 Å². The molecule has 0 saturated carbocycles. The van der Waals surface area contributed by atoms with Gasteiger partial charge in [0.1, 0.15) is 11.4 Å². The Bertz CT molecular complexity index is 863. The van der Waals surface area contributed by atoms with E-state index in [4.69, 9.17) is 9.26 Å². The summed E-state index contributed by atoms with van der Waals surface area (Å²) in [5.74, 6) is 0.749. The molecule has 0 fully saturated rings. The first-order chi connectivity index (χ1) is 10.3. The highest BCUT2D eigenvalue weighted by molar-refractivity contribution is 5.96. The first-order valence-electron chi connectivity index (χ1n) is 6.71. The third kappa shape index (κ3) is 1.76. The topological polar surface area (TPSA) is 55.5 Å². The molecule has 1 aliphatic rings. The van der Waals surface area contributed by atoms with Gasteiger partial charge in [-0.05, 0) is 35.4 Å². The Morgan fingerprint density at radius 1 is 1.19 bits per heavy atom. The number of aromatic nitrogens is 1. The number of aliphatic hydroxyl groups excluding tert-OH is 1. The van der Waals surface area contributed by atoms with Crippen molar-refractivity contribution in [3.05, 3.63) is 65.4 Å². The summed E-state index contributed by atoms with van der Waals surface area (Å²) in [5.41, 5.74) is 4.21. The second-order valence-corrected chi connectivity index (χ2v) is 5.01. The van der Waals surface area contributed by atoms with Gasteiger partial charge in [0.05, 0.1) is 18.6 Å². The summed E-state index contributed by atoms with van der Waals surface area (Å²) in [5, 5.41) is 15.2. The van der Waals surface area contributed by atoms with Crippen LogP contribution < -0.4 is 4.74 Å². The minimum Gasteiger partial charge on any atom is -0.497 e. The number of fused-ring (bicyclic) bond motifs is 2. The molecular formula is C17H13NO3. The highest BCUT2D eigenvalue weighted by Gasteiger charge is 2.25. The lowest BCUT2D eigenvalue weighted by Gasteiger charge is -2.04. The maximum Gasteiger partial charge on any atom is 0.167 e. The molecule has 21 heavy (non-hydrogen) atoms. The SMILES string of the molecule is COc1ccc2onc(C3=CC(O)c4ccccc43)c2c1. The van der Waals surface area contributed by atoms with Crippen LogP contribution in [0.3, 0.4) is 0 Å². The normalized spacial score (nSPS) is 16.9. The van der Waals surface area contributed by atoms with Crippen molar-refractivity contribution in [1.82, 2.24) is 5.16 Å². The summed E-state index contributed by atoms with van der Waals surface area (Å²) < 4.78 is 10.6. The molecule has 0 aliphatic heterocycles. The molecule has 3 aromatic rings. The first-order valence-corrected chi connectivity index (χ1v) is 6.71. The predicted octanol–water partition coefficient (Wildman–Crippen LogP) is 3.32. The number of ether oxygens (including phenoxy) is 1. The lowest BCUT2D eigenvalue weighted by Crippen LogP contribution is -1.90. The van der Waals surface area contributed by atoms with E-state index in [0.717, 1.165) is 33.5 Å². The van der Waals surface area contributed by atoms with Gasteiger partial charge in [0.25, 0.3) is 0 Å². The van der Waals surface area contributed by atoms with Crippen molar-refractivity contribution in [3.8, 4) is 5.75 Å². The van der Waals surface area contributed by atoms with Crippen LogP contribution in [0.5, 0.6) is 5.75 Å². The lowest BCUT2D eigenvalue weighted by molar-refractivity contribution is 0.232. The third-order valence-corrected chi connectivity index (χ3v) is 3.83. The predicted molar refractivity (Wildman–Crippen MR) is 79.0 cm³/mol. The summed E-state index contributed by atoms with van der Waals surface area (Å²) in [6.45, 7) is 0. The van der Waals surface area contributed by atoms with E-state index in [-0.39, 0.29) is 0 Å². The van der Waals surface area contributed by atoms with Crippen molar-refractivity contribution in [3.63, 3.8) is 0 Å².